The van der Waals surface area contributed by atoms with Crippen LogP contribution in [-0.4, -0.2) is 10.1 Å². The SMILES string of the molecule is Cc1c(Cl)cccc1C(O)Cc1ccc2ccccc2n1. The van der Waals surface area contributed by atoms with E-state index in [9.17, 15) is 5.11 Å². The van der Waals surface area contributed by atoms with Crippen molar-refractivity contribution in [1.82, 2.24) is 4.98 Å². The monoisotopic (exact) mass is 297 g/mol. The van der Waals surface area contributed by atoms with Crippen molar-refractivity contribution in [2.75, 3.05) is 0 Å². The Labute approximate surface area is 129 Å². The average molecular weight is 298 g/mol. The number of aliphatic hydroxyl groups excluding tert-OH is 1. The van der Waals surface area contributed by atoms with Gasteiger partial charge in [-0.05, 0) is 36.2 Å². The summed E-state index contributed by atoms with van der Waals surface area (Å²) in [6.45, 7) is 1.93. The van der Waals surface area contributed by atoms with Crippen LogP contribution in [-0.2, 0) is 6.42 Å². The van der Waals surface area contributed by atoms with E-state index < -0.39 is 6.10 Å². The molecule has 0 spiro atoms. The van der Waals surface area contributed by atoms with Crippen molar-refractivity contribution in [3.8, 4) is 0 Å². The summed E-state index contributed by atoms with van der Waals surface area (Å²) in [4.78, 5) is 4.60. The predicted octanol–water partition coefficient (Wildman–Crippen LogP) is 4.47. The molecule has 3 aromatic rings. The normalized spacial score (nSPS) is 12.5. The lowest BCUT2D eigenvalue weighted by atomic mass is 9.99. The Bertz CT molecular complexity index is 785. The summed E-state index contributed by atoms with van der Waals surface area (Å²) in [5, 5.41) is 12.2. The van der Waals surface area contributed by atoms with Crippen LogP contribution in [0.25, 0.3) is 10.9 Å². The minimum atomic E-state index is -0.600. The van der Waals surface area contributed by atoms with Gasteiger partial charge in [0.15, 0.2) is 0 Å². The first-order valence-electron chi connectivity index (χ1n) is 6.93. The second-order valence-corrected chi connectivity index (χ2v) is 5.58. The molecule has 0 amide bonds. The zero-order valence-electron chi connectivity index (χ0n) is 11.8. The minimum Gasteiger partial charge on any atom is -0.388 e. The van der Waals surface area contributed by atoms with E-state index in [0.29, 0.717) is 11.4 Å². The quantitative estimate of drug-likeness (QED) is 0.773. The fraction of sp³-hybridized carbons (Fsp3) is 0.167. The lowest BCUT2D eigenvalue weighted by Crippen LogP contribution is -2.05. The molecule has 1 unspecified atom stereocenters. The molecule has 0 aliphatic carbocycles. The molecule has 3 heteroatoms. The first kappa shape index (κ1) is 14.1. The fourth-order valence-electron chi connectivity index (χ4n) is 2.52. The Kier molecular flexibility index (Phi) is 3.91. The number of aromatic nitrogens is 1. The van der Waals surface area contributed by atoms with E-state index in [4.69, 9.17) is 11.6 Å². The van der Waals surface area contributed by atoms with Gasteiger partial charge in [-0.15, -0.1) is 0 Å². The van der Waals surface area contributed by atoms with Crippen LogP contribution in [0.3, 0.4) is 0 Å². The number of halogens is 1. The Hall–Kier alpha value is -1.90. The number of aliphatic hydroxyl groups is 1. The number of hydrogen-bond acceptors (Lipinski definition) is 2. The van der Waals surface area contributed by atoms with Crippen LogP contribution in [0, 0.1) is 6.92 Å². The molecule has 1 atom stereocenters. The summed E-state index contributed by atoms with van der Waals surface area (Å²) >= 11 is 6.11. The number of rotatable bonds is 3. The summed E-state index contributed by atoms with van der Waals surface area (Å²) in [6, 6.07) is 17.6. The number of pyridine rings is 1. The average Bonchev–Trinajstić information content (AvgIpc) is 2.50. The van der Waals surface area contributed by atoms with Gasteiger partial charge in [0.05, 0.1) is 11.6 Å². The van der Waals surface area contributed by atoms with E-state index in [0.717, 1.165) is 27.7 Å². The van der Waals surface area contributed by atoms with Crippen molar-refractivity contribution in [1.29, 1.82) is 0 Å². The Morgan fingerprint density at radius 3 is 2.71 bits per heavy atom. The fourth-order valence-corrected chi connectivity index (χ4v) is 2.70. The summed E-state index contributed by atoms with van der Waals surface area (Å²) in [5.41, 5.74) is 3.61. The third-order valence-electron chi connectivity index (χ3n) is 3.73. The van der Waals surface area contributed by atoms with Gasteiger partial charge in [0, 0.05) is 22.5 Å². The molecule has 0 radical (unpaired) electrons. The van der Waals surface area contributed by atoms with Crippen LogP contribution in [0.4, 0.5) is 0 Å². The Morgan fingerprint density at radius 1 is 1.05 bits per heavy atom. The first-order valence-corrected chi connectivity index (χ1v) is 7.30. The third kappa shape index (κ3) is 2.92. The number of para-hydroxylation sites is 1. The van der Waals surface area contributed by atoms with Gasteiger partial charge in [-0.25, -0.2) is 0 Å². The molecule has 1 aromatic heterocycles. The zero-order valence-corrected chi connectivity index (χ0v) is 12.5. The van der Waals surface area contributed by atoms with E-state index in [-0.39, 0.29) is 0 Å². The lowest BCUT2D eigenvalue weighted by molar-refractivity contribution is 0.176. The molecule has 0 bridgehead atoms. The molecule has 106 valence electrons. The maximum Gasteiger partial charge on any atom is 0.0848 e. The van der Waals surface area contributed by atoms with Gasteiger partial charge in [-0.2, -0.15) is 0 Å². The molecule has 2 nitrogen and oxygen atoms in total. The maximum atomic E-state index is 10.5. The van der Waals surface area contributed by atoms with E-state index >= 15 is 0 Å². The van der Waals surface area contributed by atoms with Crippen molar-refractivity contribution in [2.45, 2.75) is 19.4 Å². The Morgan fingerprint density at radius 2 is 1.86 bits per heavy atom. The van der Waals surface area contributed by atoms with Crippen LogP contribution in [0.1, 0.15) is 22.9 Å². The van der Waals surface area contributed by atoms with Crippen molar-refractivity contribution in [2.24, 2.45) is 0 Å². The van der Waals surface area contributed by atoms with Crippen LogP contribution >= 0.6 is 11.6 Å². The van der Waals surface area contributed by atoms with Gasteiger partial charge in [0.1, 0.15) is 0 Å². The molecule has 0 aliphatic heterocycles. The molecule has 1 N–H and O–H groups in total. The van der Waals surface area contributed by atoms with Crippen molar-refractivity contribution in [3.05, 3.63) is 76.4 Å². The van der Waals surface area contributed by atoms with Crippen molar-refractivity contribution < 1.29 is 5.11 Å². The molecular weight excluding hydrogens is 282 g/mol. The van der Waals surface area contributed by atoms with Gasteiger partial charge in [-0.1, -0.05) is 48.0 Å². The molecule has 2 aromatic carbocycles. The standard InChI is InChI=1S/C18H16ClNO/c1-12-15(6-4-7-16(12)19)18(21)11-14-10-9-13-5-2-3-8-17(13)20-14/h2-10,18,21H,11H2,1H3. The second kappa shape index (κ2) is 5.84. The van der Waals surface area contributed by atoms with Crippen LogP contribution in [0.5, 0.6) is 0 Å². The minimum absolute atomic E-state index is 0.478. The number of benzene rings is 2. The summed E-state index contributed by atoms with van der Waals surface area (Å²) in [7, 11) is 0. The highest BCUT2D eigenvalue weighted by molar-refractivity contribution is 6.31. The smallest absolute Gasteiger partial charge is 0.0848 e. The summed E-state index contributed by atoms with van der Waals surface area (Å²) in [5.74, 6) is 0. The Balaban J connectivity index is 1.89. The molecule has 0 saturated heterocycles. The maximum absolute atomic E-state index is 10.5. The molecule has 3 rings (SSSR count). The highest BCUT2D eigenvalue weighted by Crippen LogP contribution is 2.26. The molecule has 0 fully saturated rings. The molecule has 21 heavy (non-hydrogen) atoms. The largest absolute Gasteiger partial charge is 0.388 e. The topological polar surface area (TPSA) is 33.1 Å². The highest BCUT2D eigenvalue weighted by Gasteiger charge is 2.13. The number of fused-ring (bicyclic) bond motifs is 1. The lowest BCUT2D eigenvalue weighted by Gasteiger charge is -2.14. The van der Waals surface area contributed by atoms with E-state index in [1.165, 1.54) is 0 Å². The van der Waals surface area contributed by atoms with E-state index in [1.54, 1.807) is 0 Å². The summed E-state index contributed by atoms with van der Waals surface area (Å²) < 4.78 is 0. The number of nitrogens with zero attached hydrogens (tertiary/aromatic N) is 1. The van der Waals surface area contributed by atoms with Crippen molar-refractivity contribution in [3.63, 3.8) is 0 Å². The van der Waals surface area contributed by atoms with Gasteiger partial charge < -0.3 is 5.11 Å². The molecule has 1 heterocycles. The van der Waals surface area contributed by atoms with Crippen LogP contribution < -0.4 is 0 Å². The predicted molar refractivity (Wildman–Crippen MR) is 86.6 cm³/mol. The van der Waals surface area contributed by atoms with E-state index in [2.05, 4.69) is 4.98 Å². The molecule has 0 saturated carbocycles. The third-order valence-corrected chi connectivity index (χ3v) is 4.14. The van der Waals surface area contributed by atoms with Gasteiger partial charge in [0.25, 0.3) is 0 Å². The molecular formula is C18H16ClNO. The molecule has 0 aliphatic rings. The van der Waals surface area contributed by atoms with Gasteiger partial charge >= 0.3 is 0 Å². The first-order chi connectivity index (χ1) is 10.1. The highest BCUT2D eigenvalue weighted by atomic mass is 35.5. The van der Waals surface area contributed by atoms with Crippen molar-refractivity contribution >= 4 is 22.5 Å². The number of hydrogen-bond donors (Lipinski definition) is 1. The van der Waals surface area contributed by atoms with Gasteiger partial charge in [-0.3, -0.25) is 4.98 Å². The van der Waals surface area contributed by atoms with Gasteiger partial charge in [0.2, 0.25) is 0 Å². The van der Waals surface area contributed by atoms with E-state index in [1.807, 2.05) is 61.5 Å². The summed E-state index contributed by atoms with van der Waals surface area (Å²) in [6.07, 6.45) is -0.121. The second-order valence-electron chi connectivity index (χ2n) is 5.17. The van der Waals surface area contributed by atoms with Crippen LogP contribution in [0.2, 0.25) is 5.02 Å². The van der Waals surface area contributed by atoms with Crippen LogP contribution in [0.15, 0.2) is 54.6 Å². The zero-order chi connectivity index (χ0) is 14.8.